The van der Waals surface area contributed by atoms with Crippen LogP contribution in [0, 0.1) is 0 Å². The first-order valence-corrected chi connectivity index (χ1v) is 8.45. The molecule has 1 atom stereocenters. The van der Waals surface area contributed by atoms with Gasteiger partial charge in [0.05, 0.1) is 6.20 Å². The van der Waals surface area contributed by atoms with E-state index in [1.807, 2.05) is 16.4 Å². The number of hydrogen-bond acceptors (Lipinski definition) is 3. The van der Waals surface area contributed by atoms with Crippen molar-refractivity contribution < 1.29 is 0 Å². The summed E-state index contributed by atoms with van der Waals surface area (Å²) in [5.74, 6) is 1.30. The van der Waals surface area contributed by atoms with Gasteiger partial charge in [-0.15, -0.1) is 0 Å². The zero-order valence-corrected chi connectivity index (χ0v) is 12.4. The highest BCUT2D eigenvalue weighted by molar-refractivity contribution is 7.98. The molecule has 1 aliphatic carbocycles. The van der Waals surface area contributed by atoms with Gasteiger partial charge in [-0.05, 0) is 50.7 Å². The highest BCUT2D eigenvalue weighted by atomic mass is 32.2. The third kappa shape index (κ3) is 3.51. The first-order chi connectivity index (χ1) is 8.83. The number of hydrogen-bond donors (Lipinski definition) is 1. The Labute approximate surface area is 115 Å². The average molecular weight is 267 g/mol. The Bertz CT molecular complexity index is 362. The molecule has 0 amide bonds. The molecule has 1 N–H and O–H groups in total. The van der Waals surface area contributed by atoms with Crippen molar-refractivity contribution in [2.75, 3.05) is 18.6 Å². The summed E-state index contributed by atoms with van der Waals surface area (Å²) >= 11 is 1.95. The molecule has 0 saturated heterocycles. The lowest BCUT2D eigenvalue weighted by Crippen LogP contribution is -2.26. The van der Waals surface area contributed by atoms with E-state index >= 15 is 0 Å². The van der Waals surface area contributed by atoms with Crippen LogP contribution in [0.1, 0.15) is 49.4 Å². The molecule has 0 bridgehead atoms. The van der Waals surface area contributed by atoms with Crippen molar-refractivity contribution in [3.63, 3.8) is 0 Å². The molecule has 2 rings (SSSR count). The monoisotopic (exact) mass is 267 g/mol. The van der Waals surface area contributed by atoms with Gasteiger partial charge in [0.15, 0.2) is 0 Å². The quantitative estimate of drug-likeness (QED) is 0.770. The van der Waals surface area contributed by atoms with Gasteiger partial charge in [-0.25, -0.2) is 0 Å². The molecule has 0 saturated carbocycles. The maximum absolute atomic E-state index is 4.39. The highest BCUT2D eigenvalue weighted by Crippen LogP contribution is 2.28. The third-order valence-electron chi connectivity index (χ3n) is 3.79. The maximum atomic E-state index is 4.39. The Morgan fingerprint density at radius 3 is 3.17 bits per heavy atom. The number of aryl methyl sites for hydroxylation is 1. The SMILES string of the molecule is CSCCCCCNC1CCCc2c1cnn2C. The van der Waals surface area contributed by atoms with Gasteiger partial charge in [0.25, 0.3) is 0 Å². The summed E-state index contributed by atoms with van der Waals surface area (Å²) in [7, 11) is 2.06. The molecule has 4 heteroatoms. The lowest BCUT2D eigenvalue weighted by atomic mass is 9.93. The van der Waals surface area contributed by atoms with E-state index in [1.165, 1.54) is 55.5 Å². The van der Waals surface area contributed by atoms with Crippen molar-refractivity contribution in [1.82, 2.24) is 15.1 Å². The summed E-state index contributed by atoms with van der Waals surface area (Å²) in [6.07, 6.45) is 12.0. The minimum atomic E-state index is 0.544. The number of aromatic nitrogens is 2. The normalized spacial score (nSPS) is 18.9. The smallest absolute Gasteiger partial charge is 0.0540 e. The van der Waals surface area contributed by atoms with Gasteiger partial charge in [-0.2, -0.15) is 16.9 Å². The van der Waals surface area contributed by atoms with Crippen LogP contribution in [0.15, 0.2) is 6.20 Å². The van der Waals surface area contributed by atoms with Gasteiger partial charge in [-0.3, -0.25) is 4.68 Å². The lowest BCUT2D eigenvalue weighted by molar-refractivity contribution is 0.445. The molecule has 1 aliphatic rings. The summed E-state index contributed by atoms with van der Waals surface area (Å²) in [5, 5.41) is 8.10. The van der Waals surface area contributed by atoms with Crippen molar-refractivity contribution in [2.24, 2.45) is 7.05 Å². The van der Waals surface area contributed by atoms with E-state index in [2.05, 4.69) is 29.9 Å². The Morgan fingerprint density at radius 2 is 2.33 bits per heavy atom. The first-order valence-electron chi connectivity index (χ1n) is 7.06. The predicted octanol–water partition coefficient (Wildman–Crippen LogP) is 2.92. The summed E-state index contributed by atoms with van der Waals surface area (Å²) in [6, 6.07) is 0.544. The molecule has 1 aromatic heterocycles. The standard InChI is InChI=1S/C14H25N3S/c1-17-14-8-6-7-13(12(14)11-16-17)15-9-4-3-5-10-18-2/h11,13,15H,3-10H2,1-2H3. The van der Waals surface area contributed by atoms with E-state index in [0.29, 0.717) is 6.04 Å². The molecule has 102 valence electrons. The van der Waals surface area contributed by atoms with Gasteiger partial charge in [0, 0.05) is 24.3 Å². The van der Waals surface area contributed by atoms with Crippen LogP contribution in [0.3, 0.4) is 0 Å². The van der Waals surface area contributed by atoms with E-state index < -0.39 is 0 Å². The van der Waals surface area contributed by atoms with Crippen LogP contribution in [0.2, 0.25) is 0 Å². The van der Waals surface area contributed by atoms with Gasteiger partial charge in [-0.1, -0.05) is 6.42 Å². The molecule has 3 nitrogen and oxygen atoms in total. The Kier molecular flexibility index (Phi) is 5.57. The molecule has 1 aromatic rings. The summed E-state index contributed by atoms with van der Waals surface area (Å²) in [5.41, 5.74) is 2.87. The Morgan fingerprint density at radius 1 is 1.44 bits per heavy atom. The zero-order valence-electron chi connectivity index (χ0n) is 11.6. The van der Waals surface area contributed by atoms with Crippen molar-refractivity contribution >= 4 is 11.8 Å². The minimum Gasteiger partial charge on any atom is -0.310 e. The summed E-state index contributed by atoms with van der Waals surface area (Å²) in [6.45, 7) is 1.15. The van der Waals surface area contributed by atoms with Crippen molar-refractivity contribution in [1.29, 1.82) is 0 Å². The lowest BCUT2D eigenvalue weighted by Gasteiger charge is -2.23. The topological polar surface area (TPSA) is 29.9 Å². The van der Waals surface area contributed by atoms with E-state index in [-0.39, 0.29) is 0 Å². The molecule has 1 unspecified atom stereocenters. The minimum absolute atomic E-state index is 0.544. The van der Waals surface area contributed by atoms with E-state index in [4.69, 9.17) is 0 Å². The second-order valence-electron chi connectivity index (χ2n) is 5.12. The Hall–Kier alpha value is -0.480. The number of fused-ring (bicyclic) bond motifs is 1. The second-order valence-corrected chi connectivity index (χ2v) is 6.11. The fraction of sp³-hybridized carbons (Fsp3) is 0.786. The number of thioether (sulfide) groups is 1. The van der Waals surface area contributed by atoms with E-state index in [1.54, 1.807) is 0 Å². The number of nitrogens with one attached hydrogen (secondary N) is 1. The van der Waals surface area contributed by atoms with Crippen molar-refractivity contribution in [3.8, 4) is 0 Å². The fourth-order valence-electron chi connectivity index (χ4n) is 2.74. The summed E-state index contributed by atoms with van der Waals surface area (Å²) < 4.78 is 2.04. The van der Waals surface area contributed by atoms with E-state index in [0.717, 1.165) is 6.54 Å². The molecule has 1 heterocycles. The second kappa shape index (κ2) is 7.19. The molecule has 0 aromatic carbocycles. The van der Waals surface area contributed by atoms with Crippen LogP contribution >= 0.6 is 11.8 Å². The number of nitrogens with zero attached hydrogens (tertiary/aromatic N) is 2. The van der Waals surface area contributed by atoms with Gasteiger partial charge in [0.1, 0.15) is 0 Å². The van der Waals surface area contributed by atoms with Crippen LogP contribution in [0.25, 0.3) is 0 Å². The van der Waals surface area contributed by atoms with Gasteiger partial charge in [0.2, 0.25) is 0 Å². The van der Waals surface area contributed by atoms with Gasteiger partial charge < -0.3 is 5.32 Å². The molecule has 0 aliphatic heterocycles. The van der Waals surface area contributed by atoms with Crippen molar-refractivity contribution in [2.45, 2.75) is 44.6 Å². The molecule has 0 fully saturated rings. The number of rotatable bonds is 7. The highest BCUT2D eigenvalue weighted by Gasteiger charge is 2.22. The number of unbranched alkanes of at least 4 members (excludes halogenated alkanes) is 2. The first kappa shape index (κ1) is 13.9. The average Bonchev–Trinajstić information content (AvgIpc) is 2.77. The molecule has 18 heavy (non-hydrogen) atoms. The largest absolute Gasteiger partial charge is 0.310 e. The van der Waals surface area contributed by atoms with Crippen LogP contribution in [0.5, 0.6) is 0 Å². The zero-order chi connectivity index (χ0) is 12.8. The predicted molar refractivity (Wildman–Crippen MR) is 79.1 cm³/mol. The third-order valence-corrected chi connectivity index (χ3v) is 4.49. The van der Waals surface area contributed by atoms with Crippen LogP contribution in [0.4, 0.5) is 0 Å². The fourth-order valence-corrected chi connectivity index (χ4v) is 3.24. The summed E-state index contributed by atoms with van der Waals surface area (Å²) in [4.78, 5) is 0. The molecule has 0 spiro atoms. The van der Waals surface area contributed by atoms with E-state index in [9.17, 15) is 0 Å². The molecule has 0 radical (unpaired) electrons. The van der Waals surface area contributed by atoms with Crippen LogP contribution in [-0.4, -0.2) is 28.3 Å². The van der Waals surface area contributed by atoms with Crippen LogP contribution < -0.4 is 5.32 Å². The van der Waals surface area contributed by atoms with Gasteiger partial charge >= 0.3 is 0 Å². The van der Waals surface area contributed by atoms with Crippen LogP contribution in [-0.2, 0) is 13.5 Å². The molecular formula is C14H25N3S. The maximum Gasteiger partial charge on any atom is 0.0540 e. The van der Waals surface area contributed by atoms with Crippen molar-refractivity contribution in [3.05, 3.63) is 17.5 Å². The molecular weight excluding hydrogens is 242 g/mol. The Balaban J connectivity index is 1.74.